The highest BCUT2D eigenvalue weighted by atomic mass is 32.2. The van der Waals surface area contributed by atoms with Gasteiger partial charge in [-0.3, -0.25) is 4.57 Å². The van der Waals surface area contributed by atoms with E-state index in [4.69, 9.17) is 9.72 Å². The number of hydrogen-bond donors (Lipinski definition) is 2. The van der Waals surface area contributed by atoms with Crippen molar-refractivity contribution in [2.75, 3.05) is 18.9 Å². The third-order valence-corrected chi connectivity index (χ3v) is 6.00. The van der Waals surface area contributed by atoms with Crippen molar-refractivity contribution >= 4 is 23.8 Å². The summed E-state index contributed by atoms with van der Waals surface area (Å²) in [4.78, 5) is 29.0. The number of imidazole rings is 1. The number of benzene rings is 1. The molecule has 0 saturated heterocycles. The molecule has 2 heterocycles. The molecule has 0 fully saturated rings. The lowest BCUT2D eigenvalue weighted by Gasteiger charge is -2.21. The highest BCUT2D eigenvalue weighted by molar-refractivity contribution is 7.99. The average molecular weight is 413 g/mol. The highest BCUT2D eigenvalue weighted by Crippen LogP contribution is 2.31. The third kappa shape index (κ3) is 4.17. The average Bonchev–Trinajstić information content (AvgIpc) is 3.11. The van der Waals surface area contributed by atoms with Crippen molar-refractivity contribution in [1.82, 2.24) is 20.2 Å². The summed E-state index contributed by atoms with van der Waals surface area (Å²) >= 11 is 1.53. The number of fused-ring (bicyclic) bond motifs is 1. The molecule has 2 aromatic rings. The van der Waals surface area contributed by atoms with Crippen LogP contribution < -0.4 is 10.6 Å². The number of amides is 2. The number of nitrogens with one attached hydrogen (secondary N) is 2. The van der Waals surface area contributed by atoms with Crippen LogP contribution in [0.4, 0.5) is 4.79 Å². The predicted octanol–water partition coefficient (Wildman–Crippen LogP) is 2.97. The number of nitrogens with zero attached hydrogens (tertiary/aromatic N) is 2. The molecular weight excluding hydrogens is 388 g/mol. The fourth-order valence-electron chi connectivity index (χ4n) is 3.66. The molecule has 2 amide bonds. The zero-order valence-corrected chi connectivity index (χ0v) is 17.2. The molecule has 4 rings (SSSR count). The van der Waals surface area contributed by atoms with Gasteiger partial charge in [-0.1, -0.05) is 30.0 Å². The number of rotatable bonds is 6. The molecule has 0 saturated carbocycles. The number of para-hydroxylation sites is 1. The number of ether oxygens (including phenoxy) is 1. The summed E-state index contributed by atoms with van der Waals surface area (Å²) in [7, 11) is 0. The molecular formula is C21H24N4O3S. The molecule has 0 radical (unpaired) electrons. The van der Waals surface area contributed by atoms with Crippen LogP contribution in [0, 0.1) is 0 Å². The Balaban J connectivity index is 1.65. The molecule has 152 valence electrons. The van der Waals surface area contributed by atoms with E-state index in [1.54, 1.807) is 6.92 Å². The first-order valence-corrected chi connectivity index (χ1v) is 10.9. The Kier molecular flexibility index (Phi) is 5.89. The van der Waals surface area contributed by atoms with Crippen LogP contribution in [0.5, 0.6) is 0 Å². The summed E-state index contributed by atoms with van der Waals surface area (Å²) in [5, 5.41) is 6.29. The van der Waals surface area contributed by atoms with Crippen molar-refractivity contribution in [3.63, 3.8) is 0 Å². The monoisotopic (exact) mass is 412 g/mol. The van der Waals surface area contributed by atoms with Crippen LogP contribution in [0.1, 0.15) is 31.2 Å². The third-order valence-electron chi connectivity index (χ3n) is 5.04. The second-order valence-electron chi connectivity index (χ2n) is 6.94. The molecule has 0 bridgehead atoms. The predicted molar refractivity (Wildman–Crippen MR) is 111 cm³/mol. The van der Waals surface area contributed by atoms with Crippen LogP contribution in [-0.4, -0.2) is 40.5 Å². The first kappa shape index (κ1) is 19.6. The summed E-state index contributed by atoms with van der Waals surface area (Å²) in [6.45, 7) is 2.23. The van der Waals surface area contributed by atoms with Crippen LogP contribution >= 0.6 is 11.8 Å². The topological polar surface area (TPSA) is 85.2 Å². The summed E-state index contributed by atoms with van der Waals surface area (Å²) in [6.07, 6.45) is 4.31. The fraction of sp³-hybridized carbons (Fsp3) is 0.381. The van der Waals surface area contributed by atoms with Gasteiger partial charge in [0.15, 0.2) is 5.16 Å². The SMILES string of the molecule is CCOC(=O)C1=C(CSc2nc3c(n2-c2ccccc2)CCCC3)NC(=O)NC1. The molecule has 8 heteroatoms. The highest BCUT2D eigenvalue weighted by Gasteiger charge is 2.26. The Hall–Kier alpha value is -2.74. The number of carbonyl (C=O) groups excluding carboxylic acids is 2. The van der Waals surface area contributed by atoms with E-state index < -0.39 is 5.97 Å². The summed E-state index contributed by atoms with van der Waals surface area (Å²) in [6, 6.07) is 9.90. The van der Waals surface area contributed by atoms with Gasteiger partial charge in [0.2, 0.25) is 0 Å². The van der Waals surface area contributed by atoms with Crippen molar-refractivity contribution in [1.29, 1.82) is 0 Å². The van der Waals surface area contributed by atoms with Crippen molar-refractivity contribution in [2.45, 2.75) is 37.8 Å². The quantitative estimate of drug-likeness (QED) is 0.563. The van der Waals surface area contributed by atoms with Gasteiger partial charge in [0, 0.05) is 22.8 Å². The van der Waals surface area contributed by atoms with E-state index in [-0.39, 0.29) is 12.6 Å². The molecule has 0 unspecified atom stereocenters. The summed E-state index contributed by atoms with van der Waals surface area (Å²) in [5.74, 6) is 0.0332. The lowest BCUT2D eigenvalue weighted by atomic mass is 10.0. The molecule has 0 spiro atoms. The maximum atomic E-state index is 12.3. The molecule has 29 heavy (non-hydrogen) atoms. The van der Waals surface area contributed by atoms with Gasteiger partial charge in [-0.2, -0.15) is 0 Å². The van der Waals surface area contributed by atoms with E-state index in [0.717, 1.165) is 42.2 Å². The Morgan fingerprint density at radius 2 is 2.03 bits per heavy atom. The molecule has 7 nitrogen and oxygen atoms in total. The minimum absolute atomic E-state index is 0.171. The number of carbonyl (C=O) groups is 2. The maximum absolute atomic E-state index is 12.3. The van der Waals surface area contributed by atoms with Gasteiger partial charge >= 0.3 is 12.0 Å². The lowest BCUT2D eigenvalue weighted by molar-refractivity contribution is -0.138. The minimum atomic E-state index is -0.402. The largest absolute Gasteiger partial charge is 0.463 e. The number of aromatic nitrogens is 2. The number of urea groups is 1. The zero-order chi connectivity index (χ0) is 20.2. The molecule has 2 N–H and O–H groups in total. The van der Waals surface area contributed by atoms with Crippen LogP contribution in [-0.2, 0) is 22.4 Å². The second kappa shape index (κ2) is 8.73. The molecule has 1 aliphatic heterocycles. The first-order valence-electron chi connectivity index (χ1n) is 9.90. The Morgan fingerprint density at radius 1 is 1.24 bits per heavy atom. The van der Waals surface area contributed by atoms with Gasteiger partial charge in [0.1, 0.15) is 0 Å². The van der Waals surface area contributed by atoms with Crippen LogP contribution in [0.25, 0.3) is 5.69 Å². The number of hydrogen-bond acceptors (Lipinski definition) is 5. The van der Waals surface area contributed by atoms with E-state index in [0.29, 0.717) is 23.6 Å². The maximum Gasteiger partial charge on any atom is 0.337 e. The summed E-state index contributed by atoms with van der Waals surface area (Å²) < 4.78 is 7.35. The van der Waals surface area contributed by atoms with E-state index in [9.17, 15) is 9.59 Å². The lowest BCUT2D eigenvalue weighted by Crippen LogP contribution is -2.44. The van der Waals surface area contributed by atoms with Crippen LogP contribution in [0.3, 0.4) is 0 Å². The van der Waals surface area contributed by atoms with Crippen LogP contribution in [0.2, 0.25) is 0 Å². The molecule has 1 aliphatic carbocycles. The van der Waals surface area contributed by atoms with E-state index in [2.05, 4.69) is 27.3 Å². The fourth-order valence-corrected chi connectivity index (χ4v) is 4.70. The molecule has 1 aromatic carbocycles. The minimum Gasteiger partial charge on any atom is -0.463 e. The van der Waals surface area contributed by atoms with Gasteiger partial charge in [-0.25, -0.2) is 14.6 Å². The number of aryl methyl sites for hydroxylation is 1. The van der Waals surface area contributed by atoms with Gasteiger partial charge in [-0.15, -0.1) is 0 Å². The Labute approximate surface area is 173 Å². The number of thioether (sulfide) groups is 1. The smallest absolute Gasteiger partial charge is 0.337 e. The molecule has 0 atom stereocenters. The van der Waals surface area contributed by atoms with Crippen molar-refractivity contribution < 1.29 is 14.3 Å². The molecule has 2 aliphatic rings. The summed E-state index contributed by atoms with van der Waals surface area (Å²) in [5.41, 5.74) is 4.54. The van der Waals surface area contributed by atoms with Gasteiger partial charge in [-0.05, 0) is 44.7 Å². The van der Waals surface area contributed by atoms with Gasteiger partial charge in [0.05, 0.1) is 24.4 Å². The van der Waals surface area contributed by atoms with Crippen molar-refractivity contribution in [3.05, 3.63) is 53.0 Å². The zero-order valence-electron chi connectivity index (χ0n) is 16.4. The van der Waals surface area contributed by atoms with E-state index >= 15 is 0 Å². The normalized spacial score (nSPS) is 16.1. The first-order chi connectivity index (χ1) is 14.2. The van der Waals surface area contributed by atoms with Gasteiger partial charge < -0.3 is 15.4 Å². The van der Waals surface area contributed by atoms with Crippen LogP contribution in [0.15, 0.2) is 46.8 Å². The van der Waals surface area contributed by atoms with E-state index in [1.165, 1.54) is 17.5 Å². The van der Waals surface area contributed by atoms with E-state index in [1.807, 2.05) is 18.2 Å². The second-order valence-corrected chi connectivity index (χ2v) is 7.88. The molecule has 1 aromatic heterocycles. The Morgan fingerprint density at radius 3 is 2.83 bits per heavy atom. The number of esters is 1. The standard InChI is InChI=1S/C21H24N4O3S/c1-2-28-19(26)15-12-22-20(27)23-17(15)13-29-21-24-16-10-6-7-11-18(16)25(21)14-8-4-3-5-9-14/h3-5,8-9H,2,6-7,10-13H2,1H3,(H2,22,23,27). The Bertz CT molecular complexity index is 952. The van der Waals surface area contributed by atoms with Crippen molar-refractivity contribution in [2.24, 2.45) is 0 Å². The van der Waals surface area contributed by atoms with Crippen molar-refractivity contribution in [3.8, 4) is 5.69 Å². The van der Waals surface area contributed by atoms with Gasteiger partial charge in [0.25, 0.3) is 0 Å².